The normalized spacial score (nSPS) is 21.0. The fraction of sp³-hybridized carbons (Fsp3) is 0.652. The molecule has 2 saturated carbocycles. The number of likely N-dealkylation sites (tertiary alicyclic amines) is 1. The van der Waals surface area contributed by atoms with Crippen LogP contribution in [-0.2, 0) is 22.6 Å². The second-order valence-corrected chi connectivity index (χ2v) is 8.80. The summed E-state index contributed by atoms with van der Waals surface area (Å²) in [6.45, 7) is 4.24. The van der Waals surface area contributed by atoms with Gasteiger partial charge >= 0.3 is 0 Å². The van der Waals surface area contributed by atoms with Crippen molar-refractivity contribution in [2.45, 2.75) is 70.9 Å². The third kappa shape index (κ3) is 4.53. The molecule has 3 fully saturated rings. The average Bonchev–Trinajstić information content (AvgIpc) is 3.45. The van der Waals surface area contributed by atoms with Crippen LogP contribution in [0.1, 0.15) is 63.0 Å². The van der Waals surface area contributed by atoms with Crippen LogP contribution in [0, 0.1) is 11.8 Å². The number of benzene rings is 1. The van der Waals surface area contributed by atoms with E-state index < -0.39 is 0 Å². The van der Waals surface area contributed by atoms with Crippen LogP contribution in [0.4, 0.5) is 0 Å². The Balaban J connectivity index is 1.30. The standard InChI is InChI=1S/C23H32N2O2/c1-17(26)24-13-11-19(12-14-24)15-18-5-7-20(8-6-18)16-25(22-9-10-22)23(27)21-3-2-4-21/h5-8,19,21-22H,2-4,9-16H2,1H3. The highest BCUT2D eigenvalue weighted by Gasteiger charge is 2.37. The molecule has 0 unspecified atom stereocenters. The van der Waals surface area contributed by atoms with E-state index in [9.17, 15) is 9.59 Å². The minimum atomic E-state index is 0.203. The van der Waals surface area contributed by atoms with E-state index in [-0.39, 0.29) is 5.91 Å². The molecule has 0 bridgehead atoms. The zero-order valence-electron chi connectivity index (χ0n) is 16.5. The molecule has 146 valence electrons. The van der Waals surface area contributed by atoms with E-state index in [1.807, 2.05) is 4.90 Å². The van der Waals surface area contributed by atoms with E-state index in [0.29, 0.717) is 23.8 Å². The van der Waals surface area contributed by atoms with Gasteiger partial charge in [-0.25, -0.2) is 0 Å². The van der Waals surface area contributed by atoms with Gasteiger partial charge in [-0.1, -0.05) is 30.7 Å². The van der Waals surface area contributed by atoms with E-state index in [1.54, 1.807) is 6.92 Å². The lowest BCUT2D eigenvalue weighted by Gasteiger charge is -2.32. The molecule has 0 N–H and O–H groups in total. The molecule has 1 heterocycles. The van der Waals surface area contributed by atoms with Crippen molar-refractivity contribution in [1.82, 2.24) is 9.80 Å². The summed E-state index contributed by atoms with van der Waals surface area (Å²) < 4.78 is 0. The first-order valence-electron chi connectivity index (χ1n) is 10.7. The Bertz CT molecular complexity index is 668. The number of carbonyl (C=O) groups excluding carboxylic acids is 2. The highest BCUT2D eigenvalue weighted by atomic mass is 16.2. The quantitative estimate of drug-likeness (QED) is 0.767. The van der Waals surface area contributed by atoms with Crippen molar-refractivity contribution in [3.8, 4) is 0 Å². The smallest absolute Gasteiger partial charge is 0.226 e. The zero-order valence-corrected chi connectivity index (χ0v) is 16.5. The number of nitrogens with zero attached hydrogens (tertiary/aromatic N) is 2. The van der Waals surface area contributed by atoms with Crippen molar-refractivity contribution in [2.24, 2.45) is 11.8 Å². The van der Waals surface area contributed by atoms with Gasteiger partial charge < -0.3 is 9.80 Å². The van der Waals surface area contributed by atoms with Gasteiger partial charge in [0.2, 0.25) is 11.8 Å². The van der Waals surface area contributed by atoms with Gasteiger partial charge in [-0.2, -0.15) is 0 Å². The largest absolute Gasteiger partial charge is 0.343 e. The lowest BCUT2D eigenvalue weighted by Crippen LogP contribution is -2.39. The molecule has 1 aromatic rings. The van der Waals surface area contributed by atoms with Crippen LogP contribution in [0.15, 0.2) is 24.3 Å². The molecule has 2 aliphatic carbocycles. The average molecular weight is 369 g/mol. The number of carbonyl (C=O) groups is 2. The van der Waals surface area contributed by atoms with Gasteiger partial charge in [-0.15, -0.1) is 0 Å². The number of piperidine rings is 1. The summed E-state index contributed by atoms with van der Waals surface area (Å²) in [5, 5.41) is 0. The predicted molar refractivity (Wildman–Crippen MR) is 106 cm³/mol. The van der Waals surface area contributed by atoms with Crippen LogP contribution in [-0.4, -0.2) is 40.7 Å². The Labute approximate surface area is 162 Å². The van der Waals surface area contributed by atoms with Gasteiger partial charge in [0.25, 0.3) is 0 Å². The molecular formula is C23H32N2O2. The molecule has 1 aromatic carbocycles. The SMILES string of the molecule is CC(=O)N1CCC(Cc2ccc(CN(C(=O)C3CCC3)C3CC3)cc2)CC1. The number of hydrogen-bond donors (Lipinski definition) is 0. The van der Waals surface area contributed by atoms with Gasteiger partial charge in [0, 0.05) is 38.5 Å². The first-order valence-corrected chi connectivity index (χ1v) is 10.7. The van der Waals surface area contributed by atoms with Gasteiger partial charge in [0.05, 0.1) is 0 Å². The van der Waals surface area contributed by atoms with Crippen molar-refractivity contribution in [3.05, 3.63) is 35.4 Å². The Morgan fingerprint density at radius 3 is 2.11 bits per heavy atom. The maximum Gasteiger partial charge on any atom is 0.226 e. The van der Waals surface area contributed by atoms with Crippen LogP contribution < -0.4 is 0 Å². The molecule has 1 saturated heterocycles. The number of amides is 2. The van der Waals surface area contributed by atoms with Crippen LogP contribution in [0.25, 0.3) is 0 Å². The van der Waals surface area contributed by atoms with Crippen molar-refractivity contribution in [3.63, 3.8) is 0 Å². The predicted octanol–water partition coefficient (Wildman–Crippen LogP) is 3.78. The van der Waals surface area contributed by atoms with Gasteiger partial charge in [-0.05, 0) is 62.0 Å². The minimum Gasteiger partial charge on any atom is -0.343 e. The Morgan fingerprint density at radius 2 is 1.59 bits per heavy atom. The highest BCUT2D eigenvalue weighted by molar-refractivity contribution is 5.80. The van der Waals surface area contributed by atoms with Crippen molar-refractivity contribution in [1.29, 1.82) is 0 Å². The van der Waals surface area contributed by atoms with E-state index in [4.69, 9.17) is 0 Å². The Kier molecular flexibility index (Phi) is 5.51. The second kappa shape index (κ2) is 8.04. The van der Waals surface area contributed by atoms with E-state index in [1.165, 1.54) is 30.4 Å². The first kappa shape index (κ1) is 18.5. The summed E-state index contributed by atoms with van der Waals surface area (Å²) in [6.07, 6.45) is 9.05. The summed E-state index contributed by atoms with van der Waals surface area (Å²) in [5.74, 6) is 1.57. The topological polar surface area (TPSA) is 40.6 Å². The molecule has 4 rings (SSSR count). The Morgan fingerprint density at radius 1 is 0.963 bits per heavy atom. The van der Waals surface area contributed by atoms with E-state index >= 15 is 0 Å². The van der Waals surface area contributed by atoms with Gasteiger partial charge in [0.15, 0.2) is 0 Å². The lowest BCUT2D eigenvalue weighted by molar-refractivity contribution is -0.139. The molecule has 0 spiro atoms. The molecule has 0 aromatic heterocycles. The third-order valence-corrected chi connectivity index (χ3v) is 6.69. The molecule has 0 atom stereocenters. The highest BCUT2D eigenvalue weighted by Crippen LogP contribution is 2.35. The Hall–Kier alpha value is -1.84. The summed E-state index contributed by atoms with van der Waals surface area (Å²) in [6, 6.07) is 9.40. The van der Waals surface area contributed by atoms with Crippen LogP contribution in [0.5, 0.6) is 0 Å². The van der Waals surface area contributed by atoms with Crippen molar-refractivity contribution >= 4 is 11.8 Å². The van der Waals surface area contributed by atoms with Crippen molar-refractivity contribution in [2.75, 3.05) is 13.1 Å². The molecular weight excluding hydrogens is 336 g/mol. The van der Waals surface area contributed by atoms with Crippen molar-refractivity contribution < 1.29 is 9.59 Å². The maximum atomic E-state index is 12.7. The van der Waals surface area contributed by atoms with Crippen LogP contribution in [0.2, 0.25) is 0 Å². The number of hydrogen-bond acceptors (Lipinski definition) is 2. The van der Waals surface area contributed by atoms with Gasteiger partial charge in [-0.3, -0.25) is 9.59 Å². The summed E-state index contributed by atoms with van der Waals surface area (Å²) in [5.41, 5.74) is 2.63. The maximum absolute atomic E-state index is 12.7. The van der Waals surface area contributed by atoms with Crippen LogP contribution in [0.3, 0.4) is 0 Å². The fourth-order valence-corrected chi connectivity index (χ4v) is 4.43. The molecule has 0 radical (unpaired) electrons. The molecule has 3 aliphatic rings. The lowest BCUT2D eigenvalue weighted by atomic mass is 9.84. The summed E-state index contributed by atoms with van der Waals surface area (Å²) in [4.78, 5) is 28.3. The molecule has 27 heavy (non-hydrogen) atoms. The first-order chi connectivity index (χ1) is 13.1. The molecule has 2 amide bonds. The molecule has 1 aliphatic heterocycles. The monoisotopic (exact) mass is 368 g/mol. The fourth-order valence-electron chi connectivity index (χ4n) is 4.43. The minimum absolute atomic E-state index is 0.203. The zero-order chi connectivity index (χ0) is 18.8. The molecule has 4 nitrogen and oxygen atoms in total. The summed E-state index contributed by atoms with van der Waals surface area (Å²) >= 11 is 0. The molecule has 4 heteroatoms. The summed E-state index contributed by atoms with van der Waals surface area (Å²) in [7, 11) is 0. The van der Waals surface area contributed by atoms with Crippen LogP contribution >= 0.6 is 0 Å². The van der Waals surface area contributed by atoms with Gasteiger partial charge in [0.1, 0.15) is 0 Å². The second-order valence-electron chi connectivity index (χ2n) is 8.80. The van der Waals surface area contributed by atoms with E-state index in [0.717, 1.165) is 51.7 Å². The van der Waals surface area contributed by atoms with E-state index in [2.05, 4.69) is 29.2 Å². The number of rotatable bonds is 6. The third-order valence-electron chi connectivity index (χ3n) is 6.69.